The number of carbonyl (C=O) groups excluding carboxylic acids is 1. The van der Waals surface area contributed by atoms with E-state index < -0.39 is 0 Å². The predicted molar refractivity (Wildman–Crippen MR) is 88.3 cm³/mol. The summed E-state index contributed by atoms with van der Waals surface area (Å²) < 4.78 is 12.3. The molecule has 1 fully saturated rings. The van der Waals surface area contributed by atoms with Crippen LogP contribution in [0, 0.1) is 17.8 Å². The highest BCUT2D eigenvalue weighted by Gasteiger charge is 2.54. The van der Waals surface area contributed by atoms with E-state index in [1.807, 2.05) is 6.92 Å². The monoisotopic (exact) mass is 296 g/mol. The van der Waals surface area contributed by atoms with Crippen LogP contribution in [0.5, 0.6) is 0 Å². The Morgan fingerprint density at radius 1 is 0.905 bits per heavy atom. The molecule has 122 valence electrons. The van der Waals surface area contributed by atoms with Crippen molar-refractivity contribution >= 4 is 12.9 Å². The Morgan fingerprint density at radius 3 is 1.67 bits per heavy atom. The minimum atomic E-state index is -0.336. The van der Waals surface area contributed by atoms with Gasteiger partial charge in [-0.1, -0.05) is 34.6 Å². The second-order valence-electron chi connectivity index (χ2n) is 8.24. The third-order valence-electron chi connectivity index (χ3n) is 5.42. The first-order valence-corrected chi connectivity index (χ1v) is 8.27. The molecule has 0 spiro atoms. The zero-order valence-corrected chi connectivity index (χ0v) is 15.3. The van der Waals surface area contributed by atoms with E-state index in [2.05, 4.69) is 55.4 Å². The molecule has 3 nitrogen and oxygen atoms in total. The smallest absolute Gasteiger partial charge is 0.403 e. The van der Waals surface area contributed by atoms with Crippen molar-refractivity contribution in [2.24, 2.45) is 17.8 Å². The predicted octanol–water partition coefficient (Wildman–Crippen LogP) is 4.36. The molecule has 0 saturated carbocycles. The van der Waals surface area contributed by atoms with E-state index in [9.17, 15) is 4.79 Å². The van der Waals surface area contributed by atoms with Crippen molar-refractivity contribution in [3.8, 4) is 0 Å². The van der Waals surface area contributed by atoms with Gasteiger partial charge in [-0.3, -0.25) is 4.79 Å². The van der Waals surface area contributed by atoms with E-state index in [1.54, 1.807) is 0 Å². The van der Waals surface area contributed by atoms with Crippen molar-refractivity contribution in [1.29, 1.82) is 0 Å². The molecule has 0 unspecified atom stereocenters. The Labute approximate surface area is 131 Å². The molecule has 21 heavy (non-hydrogen) atoms. The molecule has 1 saturated heterocycles. The molecule has 0 radical (unpaired) electrons. The molecule has 2 atom stereocenters. The summed E-state index contributed by atoms with van der Waals surface area (Å²) in [4.78, 5) is 12.5. The van der Waals surface area contributed by atoms with E-state index in [1.165, 1.54) is 0 Å². The molecule has 0 bridgehead atoms. The summed E-state index contributed by atoms with van der Waals surface area (Å²) >= 11 is 0. The first kappa shape index (κ1) is 18.7. The van der Waals surface area contributed by atoms with Gasteiger partial charge in [0.1, 0.15) is 5.78 Å². The molecular formula is C17H33BO3. The summed E-state index contributed by atoms with van der Waals surface area (Å²) in [5, 5.41) is 0. The fraction of sp³-hybridized carbons (Fsp3) is 0.941. The van der Waals surface area contributed by atoms with Gasteiger partial charge in [0, 0.05) is 18.2 Å². The number of rotatable bonds is 6. The Kier molecular flexibility index (Phi) is 5.71. The van der Waals surface area contributed by atoms with Crippen LogP contribution in [0.4, 0.5) is 0 Å². The number of hydrogen-bond acceptors (Lipinski definition) is 3. The lowest BCUT2D eigenvalue weighted by Crippen LogP contribution is -2.41. The molecule has 0 aromatic heterocycles. The van der Waals surface area contributed by atoms with Crippen LogP contribution >= 0.6 is 0 Å². The van der Waals surface area contributed by atoms with Crippen LogP contribution < -0.4 is 0 Å². The zero-order valence-electron chi connectivity index (χ0n) is 15.3. The van der Waals surface area contributed by atoms with Crippen molar-refractivity contribution in [3.63, 3.8) is 0 Å². The third kappa shape index (κ3) is 4.10. The van der Waals surface area contributed by atoms with Gasteiger partial charge in [0.15, 0.2) is 0 Å². The molecule has 0 aliphatic carbocycles. The third-order valence-corrected chi connectivity index (χ3v) is 5.42. The van der Waals surface area contributed by atoms with Gasteiger partial charge in [0.05, 0.1) is 11.2 Å². The van der Waals surface area contributed by atoms with Crippen LogP contribution in [0.1, 0.15) is 68.7 Å². The number of carbonyl (C=O) groups is 1. The minimum absolute atomic E-state index is 0.0914. The SMILES string of the molecule is CC(C)[C@H](C)C(=O)C[C@@H](B1OC(C)(C)C(C)(C)O1)C(C)C. The fourth-order valence-corrected chi connectivity index (χ4v) is 2.50. The van der Waals surface area contributed by atoms with Gasteiger partial charge < -0.3 is 9.31 Å². The van der Waals surface area contributed by atoms with Crippen molar-refractivity contribution in [3.05, 3.63) is 0 Å². The number of ketones is 1. The highest BCUT2D eigenvalue weighted by Crippen LogP contribution is 2.43. The highest BCUT2D eigenvalue weighted by molar-refractivity contribution is 6.48. The van der Waals surface area contributed by atoms with Crippen LogP contribution in [0.2, 0.25) is 5.82 Å². The van der Waals surface area contributed by atoms with Crippen molar-refractivity contribution in [2.45, 2.75) is 85.8 Å². The Hall–Kier alpha value is -0.345. The Morgan fingerprint density at radius 2 is 1.33 bits per heavy atom. The summed E-state index contributed by atoms with van der Waals surface area (Å²) in [5.41, 5.74) is -0.672. The van der Waals surface area contributed by atoms with Gasteiger partial charge in [0.2, 0.25) is 0 Å². The topological polar surface area (TPSA) is 35.5 Å². The van der Waals surface area contributed by atoms with Crippen LogP contribution in [0.25, 0.3) is 0 Å². The average molecular weight is 296 g/mol. The zero-order chi connectivity index (χ0) is 16.6. The van der Waals surface area contributed by atoms with Crippen LogP contribution in [-0.4, -0.2) is 24.1 Å². The van der Waals surface area contributed by atoms with E-state index in [-0.39, 0.29) is 30.1 Å². The largest absolute Gasteiger partial charge is 0.461 e. The van der Waals surface area contributed by atoms with Gasteiger partial charge in [-0.2, -0.15) is 0 Å². The maximum atomic E-state index is 12.5. The maximum absolute atomic E-state index is 12.5. The van der Waals surface area contributed by atoms with Gasteiger partial charge in [-0.05, 0) is 39.5 Å². The summed E-state index contributed by atoms with van der Waals surface area (Å²) in [5.74, 6) is 1.25. The van der Waals surface area contributed by atoms with Crippen LogP contribution in [0.3, 0.4) is 0 Å². The van der Waals surface area contributed by atoms with Crippen molar-refractivity contribution < 1.29 is 14.1 Å². The van der Waals surface area contributed by atoms with E-state index in [0.717, 1.165) is 0 Å². The maximum Gasteiger partial charge on any atom is 0.461 e. The Bertz CT molecular complexity index is 358. The van der Waals surface area contributed by atoms with Gasteiger partial charge in [-0.25, -0.2) is 0 Å². The first-order valence-electron chi connectivity index (χ1n) is 8.27. The molecule has 0 aromatic carbocycles. The average Bonchev–Trinajstić information content (AvgIpc) is 2.53. The molecule has 1 rings (SSSR count). The lowest BCUT2D eigenvalue weighted by atomic mass is 9.62. The van der Waals surface area contributed by atoms with E-state index in [4.69, 9.17) is 9.31 Å². The second-order valence-corrected chi connectivity index (χ2v) is 8.24. The molecule has 0 aromatic rings. The minimum Gasteiger partial charge on any atom is -0.403 e. The number of Topliss-reactive ketones (excluding diaryl/α,β-unsaturated/α-hetero) is 1. The quantitative estimate of drug-likeness (QED) is 0.683. The van der Waals surface area contributed by atoms with Crippen LogP contribution in [0.15, 0.2) is 0 Å². The molecule has 4 heteroatoms. The van der Waals surface area contributed by atoms with Crippen molar-refractivity contribution in [1.82, 2.24) is 0 Å². The van der Waals surface area contributed by atoms with E-state index in [0.29, 0.717) is 24.0 Å². The lowest BCUT2D eigenvalue weighted by Gasteiger charge is -2.32. The molecule has 0 N–H and O–H groups in total. The molecular weight excluding hydrogens is 263 g/mol. The van der Waals surface area contributed by atoms with Gasteiger partial charge in [-0.15, -0.1) is 0 Å². The summed E-state index contributed by atoms with van der Waals surface area (Å²) in [6, 6.07) is 0. The lowest BCUT2D eigenvalue weighted by molar-refractivity contribution is -0.123. The molecule has 1 aliphatic rings. The molecule has 1 aliphatic heterocycles. The number of hydrogen-bond donors (Lipinski definition) is 0. The summed E-state index contributed by atoms with van der Waals surface area (Å²) in [7, 11) is -0.293. The highest BCUT2D eigenvalue weighted by atomic mass is 16.7. The summed E-state index contributed by atoms with van der Waals surface area (Å²) in [6.45, 7) is 18.7. The fourth-order valence-electron chi connectivity index (χ4n) is 2.50. The molecule has 1 heterocycles. The second kappa shape index (κ2) is 6.41. The summed E-state index contributed by atoms with van der Waals surface area (Å²) in [6.07, 6.45) is 0.536. The van der Waals surface area contributed by atoms with Crippen molar-refractivity contribution in [2.75, 3.05) is 0 Å². The first-order chi connectivity index (χ1) is 9.39. The van der Waals surface area contributed by atoms with Gasteiger partial charge in [0.25, 0.3) is 0 Å². The van der Waals surface area contributed by atoms with Crippen LogP contribution in [-0.2, 0) is 14.1 Å². The van der Waals surface area contributed by atoms with E-state index >= 15 is 0 Å². The molecule has 0 amide bonds. The van der Waals surface area contributed by atoms with Gasteiger partial charge >= 0.3 is 7.12 Å². The Balaban J connectivity index is 2.83. The standard InChI is InChI=1S/C17H33BO3/c1-11(2)13(5)15(19)10-14(12(3)4)18-20-16(6,7)17(8,9)21-18/h11-14H,10H2,1-9H3/t13-,14+/m0/s1. The normalized spacial score (nSPS) is 23.7.